The second-order valence-electron chi connectivity index (χ2n) is 7.27. The van der Waals surface area contributed by atoms with Gasteiger partial charge in [-0.15, -0.1) is 0 Å². The molecular weight excluding hydrogens is 354 g/mol. The van der Waals surface area contributed by atoms with Gasteiger partial charge < -0.3 is 0 Å². The molecule has 2 aromatic rings. The van der Waals surface area contributed by atoms with Crippen LogP contribution in [0.1, 0.15) is 83.2 Å². The zero-order valence-corrected chi connectivity index (χ0v) is 17.0. The number of hydrogen-bond acceptors (Lipinski definition) is 4. The number of amides is 1. The Morgan fingerprint density at radius 2 is 1.68 bits per heavy atom. The van der Waals surface area contributed by atoms with E-state index in [1.54, 1.807) is 0 Å². The van der Waals surface area contributed by atoms with Crippen molar-refractivity contribution in [1.29, 1.82) is 0 Å². The smallest absolute Gasteiger partial charge is 0.292 e. The molecule has 0 spiro atoms. The quantitative estimate of drug-likeness (QED) is 0.478. The summed E-state index contributed by atoms with van der Waals surface area (Å²) in [6.07, 6.45) is 19.3. The average Bonchev–Trinajstić information content (AvgIpc) is 3.20. The van der Waals surface area contributed by atoms with Gasteiger partial charge in [-0.3, -0.25) is 19.7 Å². The third-order valence-corrected chi connectivity index (χ3v) is 4.80. The number of aryl methyl sites for hydroxylation is 1. The van der Waals surface area contributed by atoms with Crippen LogP contribution in [0.2, 0.25) is 0 Å². The summed E-state index contributed by atoms with van der Waals surface area (Å²) >= 11 is 0. The zero-order chi connectivity index (χ0) is 20.0. The molecule has 0 fully saturated rings. The minimum atomic E-state index is -0.410. The van der Waals surface area contributed by atoms with Crippen molar-refractivity contribution < 1.29 is 4.79 Å². The van der Waals surface area contributed by atoms with E-state index in [0.717, 1.165) is 19.3 Å². The number of unbranched alkanes of at least 4 members (excludes halogenated alkanes) is 10. The minimum absolute atomic E-state index is 0.171. The second-order valence-corrected chi connectivity index (χ2v) is 7.27. The molecule has 154 valence electrons. The summed E-state index contributed by atoms with van der Waals surface area (Å²) in [5, 5.41) is 2.59. The summed E-state index contributed by atoms with van der Waals surface area (Å²) in [6.45, 7) is 2.25. The van der Waals surface area contributed by atoms with Crippen molar-refractivity contribution in [2.75, 3.05) is 5.32 Å². The Kier molecular flexibility index (Phi) is 10.0. The van der Waals surface area contributed by atoms with Crippen molar-refractivity contribution in [1.82, 2.24) is 19.5 Å². The van der Waals surface area contributed by atoms with Crippen LogP contribution in [-0.4, -0.2) is 25.6 Å². The molecule has 0 atom stereocenters. The van der Waals surface area contributed by atoms with Gasteiger partial charge in [0, 0.05) is 24.2 Å². The molecule has 2 heterocycles. The number of hydrogen-bond donors (Lipinski definition) is 2. The Bertz CT molecular complexity index is 740. The molecular formula is C21H33N5O2. The normalized spacial score (nSPS) is 10.9. The zero-order valence-electron chi connectivity index (χ0n) is 17.0. The van der Waals surface area contributed by atoms with Crippen LogP contribution in [0.5, 0.6) is 0 Å². The van der Waals surface area contributed by atoms with Gasteiger partial charge in [0.05, 0.1) is 0 Å². The summed E-state index contributed by atoms with van der Waals surface area (Å²) in [5.41, 5.74) is 0.453. The van der Waals surface area contributed by atoms with E-state index in [4.69, 9.17) is 0 Å². The van der Waals surface area contributed by atoms with Crippen molar-refractivity contribution in [3.63, 3.8) is 0 Å². The molecule has 0 aliphatic heterocycles. The fourth-order valence-electron chi connectivity index (χ4n) is 3.21. The van der Waals surface area contributed by atoms with Gasteiger partial charge in [-0.1, -0.05) is 71.1 Å². The van der Waals surface area contributed by atoms with E-state index in [9.17, 15) is 9.59 Å². The Balaban J connectivity index is 1.63. The first-order valence-corrected chi connectivity index (χ1v) is 10.6. The highest BCUT2D eigenvalue weighted by atomic mass is 16.2. The van der Waals surface area contributed by atoms with Crippen molar-refractivity contribution in [3.05, 3.63) is 40.8 Å². The summed E-state index contributed by atoms with van der Waals surface area (Å²) in [7, 11) is 0. The van der Waals surface area contributed by atoms with E-state index in [-0.39, 0.29) is 11.5 Å². The molecule has 0 unspecified atom stereocenters. The van der Waals surface area contributed by atoms with Crippen LogP contribution in [0.4, 0.5) is 10.7 Å². The molecule has 1 amide bonds. The van der Waals surface area contributed by atoms with Gasteiger partial charge in [0.25, 0.3) is 5.56 Å². The highest BCUT2D eigenvalue weighted by molar-refractivity contribution is 5.89. The van der Waals surface area contributed by atoms with Crippen LogP contribution in [0, 0.1) is 0 Å². The Hall–Kier alpha value is -2.44. The molecule has 0 radical (unpaired) electrons. The molecule has 0 saturated heterocycles. The molecule has 0 aliphatic rings. The number of nitrogens with one attached hydrogen (secondary N) is 2. The highest BCUT2D eigenvalue weighted by Gasteiger charge is 2.07. The van der Waals surface area contributed by atoms with Crippen LogP contribution in [0.3, 0.4) is 0 Å². The molecule has 0 aliphatic carbocycles. The topological polar surface area (TPSA) is 92.7 Å². The van der Waals surface area contributed by atoms with Crippen LogP contribution >= 0.6 is 0 Å². The van der Waals surface area contributed by atoms with Gasteiger partial charge in [-0.2, -0.15) is 0 Å². The number of rotatable bonds is 13. The second kappa shape index (κ2) is 12.9. The summed E-state index contributed by atoms with van der Waals surface area (Å²) < 4.78 is 1.29. The Morgan fingerprint density at radius 3 is 2.29 bits per heavy atom. The lowest BCUT2D eigenvalue weighted by atomic mass is 10.0. The van der Waals surface area contributed by atoms with E-state index >= 15 is 0 Å². The van der Waals surface area contributed by atoms with Gasteiger partial charge in [0.1, 0.15) is 6.33 Å². The summed E-state index contributed by atoms with van der Waals surface area (Å²) in [6, 6.07) is 1.09. The number of carbonyl (C=O) groups excluding carboxylic acids is 1. The van der Waals surface area contributed by atoms with E-state index in [1.165, 1.54) is 87.1 Å². The van der Waals surface area contributed by atoms with Crippen molar-refractivity contribution in [2.45, 2.75) is 84.0 Å². The first-order valence-electron chi connectivity index (χ1n) is 10.6. The fourth-order valence-corrected chi connectivity index (χ4v) is 3.21. The van der Waals surface area contributed by atoms with E-state index in [1.807, 2.05) is 0 Å². The maximum atomic E-state index is 12.0. The number of imidazole rings is 1. The maximum Gasteiger partial charge on any atom is 0.333 e. The number of aromatic amines is 1. The Labute approximate surface area is 167 Å². The number of carbonyl (C=O) groups is 1. The lowest BCUT2D eigenvalue weighted by Crippen LogP contribution is -2.22. The van der Waals surface area contributed by atoms with E-state index < -0.39 is 6.03 Å². The molecule has 0 saturated carbocycles. The molecule has 0 bridgehead atoms. The first-order chi connectivity index (χ1) is 13.7. The lowest BCUT2D eigenvalue weighted by Gasteiger charge is -2.06. The Morgan fingerprint density at radius 1 is 1.04 bits per heavy atom. The lowest BCUT2D eigenvalue weighted by molar-refractivity contribution is 0.253. The van der Waals surface area contributed by atoms with Gasteiger partial charge in [0.2, 0.25) is 5.95 Å². The van der Waals surface area contributed by atoms with Crippen molar-refractivity contribution >= 4 is 12.0 Å². The predicted octanol–water partition coefficient (Wildman–Crippen LogP) is 4.90. The summed E-state index contributed by atoms with van der Waals surface area (Å²) in [4.78, 5) is 34.5. The van der Waals surface area contributed by atoms with Crippen LogP contribution < -0.4 is 10.9 Å². The van der Waals surface area contributed by atoms with Gasteiger partial charge in [-0.25, -0.2) is 14.8 Å². The summed E-state index contributed by atoms with van der Waals surface area (Å²) in [5.74, 6) is 0.171. The van der Waals surface area contributed by atoms with E-state index in [0.29, 0.717) is 5.69 Å². The number of aromatic nitrogens is 4. The molecule has 0 aromatic carbocycles. The van der Waals surface area contributed by atoms with Gasteiger partial charge in [0.15, 0.2) is 0 Å². The number of anilines is 1. The van der Waals surface area contributed by atoms with Crippen molar-refractivity contribution in [2.24, 2.45) is 0 Å². The first kappa shape index (κ1) is 21.9. The average molecular weight is 388 g/mol. The number of H-pyrrole nitrogens is 1. The standard InChI is InChI=1S/C21H33N5O2/c1-2-3-4-5-6-7-8-9-10-11-12-13-18-16-19(27)24-20(23-18)25-21(28)26-15-14-22-17-26/h14-17H,2-13H2,1H3,(H2,23,24,25,27,28). The third kappa shape index (κ3) is 8.50. The van der Waals surface area contributed by atoms with Gasteiger partial charge in [-0.05, 0) is 12.8 Å². The monoisotopic (exact) mass is 387 g/mol. The molecule has 7 heteroatoms. The molecule has 28 heavy (non-hydrogen) atoms. The molecule has 7 nitrogen and oxygen atoms in total. The maximum absolute atomic E-state index is 12.0. The molecule has 2 aromatic heterocycles. The largest absolute Gasteiger partial charge is 0.333 e. The highest BCUT2D eigenvalue weighted by Crippen LogP contribution is 2.12. The van der Waals surface area contributed by atoms with Gasteiger partial charge >= 0.3 is 6.03 Å². The SMILES string of the molecule is CCCCCCCCCCCCCc1cc(=O)[nH]c(NC(=O)n2ccnc2)n1. The number of nitrogens with zero attached hydrogens (tertiary/aromatic N) is 3. The van der Waals surface area contributed by atoms with Crippen molar-refractivity contribution in [3.8, 4) is 0 Å². The van der Waals surface area contributed by atoms with E-state index in [2.05, 4.69) is 27.2 Å². The van der Waals surface area contributed by atoms with Crippen LogP contribution in [0.25, 0.3) is 0 Å². The fraction of sp³-hybridized carbons (Fsp3) is 0.619. The molecule has 2 N–H and O–H groups in total. The van der Waals surface area contributed by atoms with Crippen LogP contribution in [-0.2, 0) is 6.42 Å². The predicted molar refractivity (Wildman–Crippen MR) is 112 cm³/mol. The van der Waals surface area contributed by atoms with Crippen LogP contribution in [0.15, 0.2) is 29.6 Å². The minimum Gasteiger partial charge on any atom is -0.292 e. The molecule has 2 rings (SSSR count). The third-order valence-electron chi connectivity index (χ3n) is 4.80.